The van der Waals surface area contributed by atoms with Crippen LogP contribution in [0.1, 0.15) is 19.4 Å². The molecule has 1 aliphatic rings. The van der Waals surface area contributed by atoms with Gasteiger partial charge < -0.3 is 9.47 Å². The van der Waals surface area contributed by atoms with Gasteiger partial charge in [-0.1, -0.05) is 48.7 Å². The van der Waals surface area contributed by atoms with Crippen molar-refractivity contribution in [2.75, 3.05) is 14.2 Å². The lowest BCUT2D eigenvalue weighted by Crippen LogP contribution is -2.38. The highest BCUT2D eigenvalue weighted by atomic mass is 35.5. The van der Waals surface area contributed by atoms with Crippen molar-refractivity contribution >= 4 is 46.6 Å². The molecule has 0 saturated carbocycles. The van der Waals surface area contributed by atoms with Crippen molar-refractivity contribution in [3.05, 3.63) is 32.8 Å². The molecule has 2 rings (SSSR count). The maximum atomic E-state index is 6.26. The topological polar surface area (TPSA) is 43.2 Å². The van der Waals surface area contributed by atoms with Crippen LogP contribution in [0.2, 0.25) is 15.1 Å². The molecular formula is C16H19Cl3N2O2. The van der Waals surface area contributed by atoms with Crippen LogP contribution >= 0.6 is 34.8 Å². The molecule has 0 unspecified atom stereocenters. The van der Waals surface area contributed by atoms with Crippen molar-refractivity contribution in [1.82, 2.24) is 0 Å². The highest BCUT2D eigenvalue weighted by Crippen LogP contribution is 2.30. The minimum atomic E-state index is -0.306. The van der Waals surface area contributed by atoms with Crippen LogP contribution in [0.5, 0.6) is 0 Å². The van der Waals surface area contributed by atoms with Gasteiger partial charge in [-0.3, -0.25) is 0 Å². The summed E-state index contributed by atoms with van der Waals surface area (Å²) in [5.74, 6) is 1.42. The van der Waals surface area contributed by atoms with Gasteiger partial charge in [0.1, 0.15) is 12.1 Å². The van der Waals surface area contributed by atoms with Gasteiger partial charge in [0, 0.05) is 11.4 Å². The number of halogens is 3. The third kappa shape index (κ3) is 4.11. The Labute approximate surface area is 151 Å². The van der Waals surface area contributed by atoms with Crippen molar-refractivity contribution in [3.63, 3.8) is 0 Å². The number of nitrogens with zero attached hydrogens (tertiary/aromatic N) is 2. The zero-order valence-corrected chi connectivity index (χ0v) is 15.7. The summed E-state index contributed by atoms with van der Waals surface area (Å²) >= 11 is 18.3. The van der Waals surface area contributed by atoms with E-state index in [1.807, 2.05) is 0 Å². The van der Waals surface area contributed by atoms with Gasteiger partial charge in [0.25, 0.3) is 0 Å². The van der Waals surface area contributed by atoms with Crippen LogP contribution < -0.4 is 0 Å². The van der Waals surface area contributed by atoms with E-state index in [0.717, 1.165) is 5.56 Å². The van der Waals surface area contributed by atoms with Crippen molar-refractivity contribution < 1.29 is 9.47 Å². The number of ether oxygens (including phenoxy) is 2. The molecule has 0 amide bonds. The molecule has 1 heterocycles. The second-order valence-corrected chi connectivity index (χ2v) is 6.83. The molecule has 1 aliphatic heterocycles. The minimum Gasteiger partial charge on any atom is -0.483 e. The molecule has 0 fully saturated rings. The number of rotatable bonds is 3. The van der Waals surface area contributed by atoms with Gasteiger partial charge in [-0.15, -0.1) is 0 Å². The molecule has 0 bridgehead atoms. The van der Waals surface area contributed by atoms with Gasteiger partial charge in [0.05, 0.1) is 24.3 Å². The van der Waals surface area contributed by atoms with Crippen molar-refractivity contribution in [2.24, 2.45) is 15.9 Å². The maximum Gasteiger partial charge on any atom is 0.209 e. The first kappa shape index (κ1) is 18.4. The third-order valence-electron chi connectivity index (χ3n) is 3.64. The summed E-state index contributed by atoms with van der Waals surface area (Å²) in [7, 11) is 3.19. The lowest BCUT2D eigenvalue weighted by molar-refractivity contribution is 0.333. The lowest BCUT2D eigenvalue weighted by atomic mass is 10.0. The summed E-state index contributed by atoms with van der Waals surface area (Å²) in [4.78, 5) is 9.28. The Morgan fingerprint density at radius 2 is 1.57 bits per heavy atom. The summed E-state index contributed by atoms with van der Waals surface area (Å²) in [6.07, 6.45) is 0.500. The van der Waals surface area contributed by atoms with E-state index in [-0.39, 0.29) is 18.0 Å². The van der Waals surface area contributed by atoms with Gasteiger partial charge in [-0.2, -0.15) is 0 Å². The second-order valence-electron chi connectivity index (χ2n) is 5.61. The molecule has 23 heavy (non-hydrogen) atoms. The van der Waals surface area contributed by atoms with Gasteiger partial charge in [0.15, 0.2) is 0 Å². The fraction of sp³-hybridized carbons (Fsp3) is 0.500. The van der Waals surface area contributed by atoms with E-state index in [1.54, 1.807) is 26.4 Å². The van der Waals surface area contributed by atoms with Crippen LogP contribution in [0.15, 0.2) is 22.1 Å². The maximum absolute atomic E-state index is 6.26. The van der Waals surface area contributed by atoms with Crippen molar-refractivity contribution in [1.29, 1.82) is 0 Å². The van der Waals surface area contributed by atoms with Gasteiger partial charge in [-0.25, -0.2) is 9.98 Å². The molecule has 0 radical (unpaired) electrons. The molecule has 7 heteroatoms. The van der Waals surface area contributed by atoms with E-state index in [1.165, 1.54) is 0 Å². The molecule has 2 atom stereocenters. The normalized spacial score (nSPS) is 21.0. The molecule has 0 spiro atoms. The fourth-order valence-corrected chi connectivity index (χ4v) is 3.07. The van der Waals surface area contributed by atoms with E-state index in [9.17, 15) is 0 Å². The number of hydrogen-bond acceptors (Lipinski definition) is 4. The Morgan fingerprint density at radius 1 is 0.957 bits per heavy atom. The van der Waals surface area contributed by atoms with Crippen LogP contribution in [0.25, 0.3) is 0 Å². The first-order chi connectivity index (χ1) is 10.9. The smallest absolute Gasteiger partial charge is 0.209 e. The average molecular weight is 378 g/mol. The molecule has 1 aromatic rings. The molecule has 1 aromatic carbocycles. The summed E-state index contributed by atoms with van der Waals surface area (Å²) < 4.78 is 10.8. The Bertz CT molecular complexity index is 644. The molecule has 0 N–H and O–H groups in total. The molecule has 4 nitrogen and oxygen atoms in total. The fourth-order valence-electron chi connectivity index (χ4n) is 2.42. The number of hydrogen-bond donors (Lipinski definition) is 0. The van der Waals surface area contributed by atoms with Gasteiger partial charge in [-0.05, 0) is 23.6 Å². The van der Waals surface area contributed by atoms with Crippen molar-refractivity contribution in [2.45, 2.75) is 32.4 Å². The molecule has 0 saturated heterocycles. The first-order valence-corrected chi connectivity index (χ1v) is 8.37. The quantitative estimate of drug-likeness (QED) is 0.717. The van der Waals surface area contributed by atoms with Crippen LogP contribution in [-0.4, -0.2) is 38.1 Å². The highest BCUT2D eigenvalue weighted by molar-refractivity contribution is 6.43. The largest absolute Gasteiger partial charge is 0.483 e. The zero-order chi connectivity index (χ0) is 17.1. The minimum absolute atomic E-state index is 0.143. The van der Waals surface area contributed by atoms with E-state index in [2.05, 4.69) is 23.8 Å². The Morgan fingerprint density at radius 3 is 2.13 bits per heavy atom. The first-order valence-electron chi connectivity index (χ1n) is 7.24. The van der Waals surface area contributed by atoms with E-state index in [4.69, 9.17) is 44.3 Å². The number of methoxy groups -OCH3 is 2. The molecule has 0 aromatic heterocycles. The van der Waals surface area contributed by atoms with Gasteiger partial charge in [0.2, 0.25) is 11.8 Å². The Kier molecular flexibility index (Phi) is 6.18. The average Bonchev–Trinajstić information content (AvgIpc) is 2.51. The second kappa shape index (κ2) is 7.73. The zero-order valence-electron chi connectivity index (χ0n) is 13.4. The lowest BCUT2D eigenvalue weighted by Gasteiger charge is -2.27. The van der Waals surface area contributed by atoms with Crippen molar-refractivity contribution in [3.8, 4) is 0 Å². The molecular weight excluding hydrogens is 359 g/mol. The summed E-state index contributed by atoms with van der Waals surface area (Å²) in [5.41, 5.74) is 0.831. The highest BCUT2D eigenvalue weighted by Gasteiger charge is 2.31. The van der Waals surface area contributed by atoms with E-state index in [0.29, 0.717) is 33.3 Å². The number of benzene rings is 1. The standard InChI is InChI=1S/C16H19Cl3N2O2/c1-8(2)14-16(23-4)20-13(15(21-14)22-3)6-9-5-11(18)12(19)7-10(9)17/h5,7-8,13-14H,6H2,1-4H3/t13-,14+/m1/s1. The Hall–Kier alpha value is -0.970. The number of aliphatic imine (C=N–C) groups is 2. The van der Waals surface area contributed by atoms with Crippen LogP contribution in [0.3, 0.4) is 0 Å². The van der Waals surface area contributed by atoms with E-state index < -0.39 is 0 Å². The van der Waals surface area contributed by atoms with Crippen LogP contribution in [-0.2, 0) is 15.9 Å². The Balaban J connectivity index is 2.33. The summed E-state index contributed by atoms with van der Waals surface area (Å²) in [6.45, 7) is 4.12. The molecule has 126 valence electrons. The summed E-state index contributed by atoms with van der Waals surface area (Å²) in [5, 5.41) is 1.41. The van der Waals surface area contributed by atoms with Gasteiger partial charge >= 0.3 is 0 Å². The monoisotopic (exact) mass is 376 g/mol. The predicted octanol–water partition coefficient (Wildman–Crippen LogP) is 4.69. The SMILES string of the molecule is COC1=N[C@H](Cc2cc(Cl)c(Cl)cc2Cl)C(OC)=N[C@H]1C(C)C. The third-order valence-corrected chi connectivity index (χ3v) is 4.71. The predicted molar refractivity (Wildman–Crippen MR) is 96.5 cm³/mol. The van der Waals surface area contributed by atoms with Crippen LogP contribution in [0, 0.1) is 5.92 Å². The van der Waals surface area contributed by atoms with E-state index >= 15 is 0 Å². The molecule has 0 aliphatic carbocycles. The summed E-state index contributed by atoms with van der Waals surface area (Å²) in [6, 6.07) is 2.93. The van der Waals surface area contributed by atoms with Crippen LogP contribution in [0.4, 0.5) is 0 Å².